The van der Waals surface area contributed by atoms with E-state index in [2.05, 4.69) is 0 Å². The Morgan fingerprint density at radius 1 is 1.47 bits per heavy atom. The van der Waals surface area contributed by atoms with E-state index in [0.717, 1.165) is 16.5 Å². The van der Waals surface area contributed by atoms with Crippen LogP contribution in [0.15, 0.2) is 29.2 Å². The SMILES string of the molecule is CCN1C(=O)CC1Sc1ccc(Cl)cc1. The Morgan fingerprint density at radius 3 is 2.67 bits per heavy atom. The molecule has 80 valence electrons. The maximum atomic E-state index is 11.2. The van der Waals surface area contributed by atoms with Gasteiger partial charge in [0.05, 0.1) is 11.8 Å². The van der Waals surface area contributed by atoms with Crippen LogP contribution in [0.2, 0.25) is 5.02 Å². The number of β-lactam (4-membered cyclic amide) rings is 1. The summed E-state index contributed by atoms with van der Waals surface area (Å²) >= 11 is 7.52. The fourth-order valence-electron chi connectivity index (χ4n) is 1.58. The van der Waals surface area contributed by atoms with Crippen molar-refractivity contribution >= 4 is 29.3 Å². The number of benzene rings is 1. The van der Waals surface area contributed by atoms with Gasteiger partial charge in [0, 0.05) is 16.5 Å². The molecule has 0 saturated carbocycles. The molecule has 1 aliphatic rings. The lowest BCUT2D eigenvalue weighted by Crippen LogP contribution is -2.50. The molecule has 0 bridgehead atoms. The third kappa shape index (κ3) is 2.29. The molecule has 2 nitrogen and oxygen atoms in total. The highest BCUT2D eigenvalue weighted by molar-refractivity contribution is 8.00. The van der Waals surface area contributed by atoms with E-state index in [-0.39, 0.29) is 5.91 Å². The molecule has 1 fully saturated rings. The van der Waals surface area contributed by atoms with Crippen molar-refractivity contribution in [1.29, 1.82) is 0 Å². The molecule has 1 saturated heterocycles. The normalized spacial score (nSPS) is 20.3. The Hall–Kier alpha value is -0.670. The molecule has 0 N–H and O–H groups in total. The summed E-state index contributed by atoms with van der Waals surface area (Å²) in [6.45, 7) is 2.80. The van der Waals surface area contributed by atoms with Crippen LogP contribution in [0.3, 0.4) is 0 Å². The van der Waals surface area contributed by atoms with Crippen LogP contribution in [-0.2, 0) is 4.79 Å². The number of hydrogen-bond acceptors (Lipinski definition) is 2. The van der Waals surface area contributed by atoms with Crippen LogP contribution in [0.4, 0.5) is 0 Å². The molecule has 0 aromatic heterocycles. The standard InChI is InChI=1S/C11H12ClNOS/c1-2-13-10(14)7-11(13)15-9-5-3-8(12)4-6-9/h3-6,11H,2,7H2,1H3. The molecule has 1 aliphatic heterocycles. The number of hydrogen-bond donors (Lipinski definition) is 0. The molecule has 0 radical (unpaired) electrons. The predicted molar refractivity (Wildman–Crippen MR) is 63.1 cm³/mol. The summed E-state index contributed by atoms with van der Waals surface area (Å²) in [4.78, 5) is 14.3. The summed E-state index contributed by atoms with van der Waals surface area (Å²) < 4.78 is 0. The molecule has 1 unspecified atom stereocenters. The Bertz CT molecular complexity index is 365. The van der Waals surface area contributed by atoms with Crippen LogP contribution in [0.5, 0.6) is 0 Å². The average Bonchev–Trinajstić information content (AvgIpc) is 2.21. The van der Waals surface area contributed by atoms with Gasteiger partial charge < -0.3 is 4.90 Å². The summed E-state index contributed by atoms with van der Waals surface area (Å²) in [5.41, 5.74) is 0. The van der Waals surface area contributed by atoms with Gasteiger partial charge in [0.15, 0.2) is 0 Å². The van der Waals surface area contributed by atoms with Crippen LogP contribution in [0, 0.1) is 0 Å². The number of likely N-dealkylation sites (tertiary alicyclic amines) is 1. The zero-order valence-electron chi connectivity index (χ0n) is 8.44. The Labute approximate surface area is 98.6 Å². The Kier molecular flexibility index (Phi) is 3.22. The Morgan fingerprint density at radius 2 is 2.13 bits per heavy atom. The zero-order chi connectivity index (χ0) is 10.8. The van der Waals surface area contributed by atoms with Gasteiger partial charge in [-0.05, 0) is 31.2 Å². The first-order valence-electron chi connectivity index (χ1n) is 4.92. The van der Waals surface area contributed by atoms with Gasteiger partial charge in [-0.3, -0.25) is 4.79 Å². The summed E-state index contributed by atoms with van der Waals surface area (Å²) in [6.07, 6.45) is 0.654. The van der Waals surface area contributed by atoms with E-state index in [1.165, 1.54) is 0 Å². The second kappa shape index (κ2) is 4.45. The number of thioether (sulfide) groups is 1. The number of carbonyl (C=O) groups excluding carboxylic acids is 1. The van der Waals surface area contributed by atoms with Gasteiger partial charge in [-0.15, -0.1) is 11.8 Å². The molecule has 2 rings (SSSR count). The molecule has 1 heterocycles. The molecule has 1 aromatic carbocycles. The first kappa shape index (κ1) is 10.8. The topological polar surface area (TPSA) is 20.3 Å². The molecule has 0 spiro atoms. The smallest absolute Gasteiger partial charge is 0.226 e. The van der Waals surface area contributed by atoms with Gasteiger partial charge >= 0.3 is 0 Å². The van der Waals surface area contributed by atoms with Crippen molar-refractivity contribution in [1.82, 2.24) is 4.90 Å². The number of carbonyl (C=O) groups is 1. The minimum Gasteiger partial charge on any atom is -0.330 e. The van der Waals surface area contributed by atoms with E-state index < -0.39 is 0 Å². The number of rotatable bonds is 3. The number of halogens is 1. The maximum Gasteiger partial charge on any atom is 0.226 e. The largest absolute Gasteiger partial charge is 0.330 e. The molecule has 1 atom stereocenters. The van der Waals surface area contributed by atoms with Gasteiger partial charge in [0.2, 0.25) is 5.91 Å². The summed E-state index contributed by atoms with van der Waals surface area (Å²) in [7, 11) is 0. The third-order valence-corrected chi connectivity index (χ3v) is 3.93. The van der Waals surface area contributed by atoms with Crippen molar-refractivity contribution < 1.29 is 4.79 Å². The molecular weight excluding hydrogens is 230 g/mol. The lowest BCUT2D eigenvalue weighted by molar-refractivity contribution is -0.141. The molecule has 15 heavy (non-hydrogen) atoms. The first-order chi connectivity index (χ1) is 7.20. The van der Waals surface area contributed by atoms with Crippen molar-refractivity contribution in [2.24, 2.45) is 0 Å². The average molecular weight is 242 g/mol. The van der Waals surface area contributed by atoms with Gasteiger partial charge in [0.25, 0.3) is 0 Å². The third-order valence-electron chi connectivity index (χ3n) is 2.44. The van der Waals surface area contributed by atoms with Crippen molar-refractivity contribution in [2.75, 3.05) is 6.54 Å². The van der Waals surface area contributed by atoms with Crippen molar-refractivity contribution in [3.05, 3.63) is 29.3 Å². The summed E-state index contributed by atoms with van der Waals surface area (Å²) in [5, 5.41) is 1.06. The van der Waals surface area contributed by atoms with E-state index in [4.69, 9.17) is 11.6 Å². The monoisotopic (exact) mass is 241 g/mol. The predicted octanol–water partition coefficient (Wildman–Crippen LogP) is 3.01. The van der Waals surface area contributed by atoms with Crippen molar-refractivity contribution in [2.45, 2.75) is 23.6 Å². The van der Waals surface area contributed by atoms with Crippen molar-refractivity contribution in [3.8, 4) is 0 Å². The van der Waals surface area contributed by atoms with Gasteiger partial charge in [0.1, 0.15) is 0 Å². The fourth-order valence-corrected chi connectivity index (χ4v) is 2.93. The summed E-state index contributed by atoms with van der Waals surface area (Å²) in [5.74, 6) is 0.254. The van der Waals surface area contributed by atoms with E-state index >= 15 is 0 Å². The van der Waals surface area contributed by atoms with Crippen LogP contribution >= 0.6 is 23.4 Å². The highest BCUT2D eigenvalue weighted by atomic mass is 35.5. The highest BCUT2D eigenvalue weighted by Crippen LogP contribution is 2.34. The van der Waals surface area contributed by atoms with Gasteiger partial charge in [-0.25, -0.2) is 0 Å². The van der Waals surface area contributed by atoms with Crippen LogP contribution in [-0.4, -0.2) is 22.7 Å². The lowest BCUT2D eigenvalue weighted by atomic mass is 10.2. The summed E-state index contributed by atoms with van der Waals surface area (Å²) in [6, 6.07) is 7.73. The van der Waals surface area contributed by atoms with E-state index in [0.29, 0.717) is 11.8 Å². The van der Waals surface area contributed by atoms with Crippen LogP contribution in [0.1, 0.15) is 13.3 Å². The zero-order valence-corrected chi connectivity index (χ0v) is 10.0. The van der Waals surface area contributed by atoms with Crippen LogP contribution < -0.4 is 0 Å². The van der Waals surface area contributed by atoms with Gasteiger partial charge in [-0.1, -0.05) is 11.6 Å². The second-order valence-corrected chi connectivity index (χ2v) is 5.10. The van der Waals surface area contributed by atoms with Crippen molar-refractivity contribution in [3.63, 3.8) is 0 Å². The van der Waals surface area contributed by atoms with E-state index in [1.807, 2.05) is 36.1 Å². The van der Waals surface area contributed by atoms with E-state index in [1.54, 1.807) is 11.8 Å². The highest BCUT2D eigenvalue weighted by Gasteiger charge is 2.35. The molecule has 4 heteroatoms. The number of amides is 1. The van der Waals surface area contributed by atoms with Crippen LogP contribution in [0.25, 0.3) is 0 Å². The second-order valence-electron chi connectivity index (χ2n) is 3.41. The minimum atomic E-state index is 0.254. The fraction of sp³-hybridized carbons (Fsp3) is 0.364. The minimum absolute atomic E-state index is 0.254. The lowest BCUT2D eigenvalue weighted by Gasteiger charge is -2.39. The maximum absolute atomic E-state index is 11.2. The molecule has 1 amide bonds. The molecule has 0 aliphatic carbocycles. The van der Waals surface area contributed by atoms with E-state index in [9.17, 15) is 4.79 Å². The quantitative estimate of drug-likeness (QED) is 0.759. The Balaban J connectivity index is 1.98. The van der Waals surface area contributed by atoms with Gasteiger partial charge in [-0.2, -0.15) is 0 Å². The molecular formula is C11H12ClNOS. The molecule has 1 aromatic rings. The first-order valence-corrected chi connectivity index (χ1v) is 6.18. The number of nitrogens with zero attached hydrogens (tertiary/aromatic N) is 1.